The molecule has 0 heterocycles. The van der Waals surface area contributed by atoms with Gasteiger partial charge in [0.2, 0.25) is 0 Å². The molecule has 0 aliphatic carbocycles. The molecule has 0 unspecified atom stereocenters. The molecule has 28 heavy (non-hydrogen) atoms. The third-order valence-electron chi connectivity index (χ3n) is 4.32. The zero-order chi connectivity index (χ0) is 21.3. The van der Waals surface area contributed by atoms with Gasteiger partial charge < -0.3 is 14.5 Å². The summed E-state index contributed by atoms with van der Waals surface area (Å²) >= 11 is 0. The highest BCUT2D eigenvalue weighted by Gasteiger charge is 2.12. The fourth-order valence-electron chi connectivity index (χ4n) is 2.74. The lowest BCUT2D eigenvalue weighted by Crippen LogP contribution is -1.92. The van der Waals surface area contributed by atoms with Crippen LogP contribution in [0.2, 0.25) is 0 Å². The van der Waals surface area contributed by atoms with Gasteiger partial charge in [0.25, 0.3) is 0 Å². The average Bonchev–Trinajstić information content (AvgIpc) is 2.64. The Morgan fingerprint density at radius 1 is 0.679 bits per heavy atom. The first-order valence-electron chi connectivity index (χ1n) is 11.4. The van der Waals surface area contributed by atoms with Gasteiger partial charge in [0.15, 0.2) is 0 Å². The molecule has 0 radical (unpaired) electrons. The van der Waals surface area contributed by atoms with Crippen molar-refractivity contribution in [2.24, 2.45) is 0 Å². The lowest BCUT2D eigenvalue weighted by Gasteiger charge is -2.04. The summed E-state index contributed by atoms with van der Waals surface area (Å²) in [5.41, 5.74) is 0. The van der Waals surface area contributed by atoms with E-state index >= 15 is 0 Å². The van der Waals surface area contributed by atoms with Crippen LogP contribution in [0.15, 0.2) is 12.2 Å². The number of phosphoric acid groups is 1. The average molecular weight is 423 g/mol. The summed E-state index contributed by atoms with van der Waals surface area (Å²) in [4.78, 5) is 17.1. The first-order chi connectivity index (χ1) is 13.5. The molecule has 0 spiro atoms. The van der Waals surface area contributed by atoms with E-state index in [1.54, 1.807) is 0 Å². The fourth-order valence-corrected chi connectivity index (χ4v) is 3.10. The van der Waals surface area contributed by atoms with Gasteiger partial charge in [-0.25, -0.2) is 4.57 Å². The van der Waals surface area contributed by atoms with Gasteiger partial charge >= 0.3 is 7.82 Å². The maximum absolute atomic E-state index is 10.5. The number of unbranched alkanes of at least 4 members (excludes halogenated alkanes) is 12. The van der Waals surface area contributed by atoms with E-state index in [1.165, 1.54) is 70.6 Å². The molecule has 0 aromatic carbocycles. The molecule has 0 saturated heterocycles. The summed E-state index contributed by atoms with van der Waals surface area (Å²) in [6.07, 6.45) is 21.7. The number of allylic oxidation sites excluding steroid dienone is 2. The van der Waals surface area contributed by atoms with Crippen LogP contribution in [0.5, 0.6) is 0 Å². The van der Waals surface area contributed by atoms with Gasteiger partial charge in [-0.3, -0.25) is 4.52 Å². The molecule has 0 amide bonds. The molecular formula is C22H47O5P. The Morgan fingerprint density at radius 2 is 1.11 bits per heavy atom. The molecule has 0 aliphatic heterocycles. The van der Waals surface area contributed by atoms with Crippen LogP contribution in [0.3, 0.4) is 0 Å². The molecule has 0 aliphatic rings. The Labute approximate surface area is 174 Å². The normalized spacial score (nSPS) is 11.6. The zero-order valence-electron chi connectivity index (χ0n) is 18.7. The van der Waals surface area contributed by atoms with Crippen LogP contribution in [0.4, 0.5) is 0 Å². The van der Waals surface area contributed by atoms with Crippen molar-refractivity contribution in [2.75, 3.05) is 19.8 Å². The highest BCUT2D eigenvalue weighted by molar-refractivity contribution is 7.46. The molecule has 0 fully saturated rings. The van der Waals surface area contributed by atoms with E-state index < -0.39 is 7.82 Å². The molecule has 0 bridgehead atoms. The molecule has 0 saturated carbocycles. The van der Waals surface area contributed by atoms with Crippen molar-refractivity contribution in [3.05, 3.63) is 12.2 Å². The van der Waals surface area contributed by atoms with Gasteiger partial charge in [0.05, 0.1) is 6.61 Å². The van der Waals surface area contributed by atoms with Gasteiger partial charge in [-0.05, 0) is 46.0 Å². The fraction of sp³-hybridized carbons (Fsp3) is 0.909. The number of hydrogen-bond acceptors (Lipinski definition) is 3. The second kappa shape index (κ2) is 24.8. The number of hydrogen-bond donors (Lipinski definition) is 2. The highest BCUT2D eigenvalue weighted by Crippen LogP contribution is 2.35. The minimum Gasteiger partial charge on any atom is -0.382 e. The smallest absolute Gasteiger partial charge is 0.382 e. The largest absolute Gasteiger partial charge is 0.469 e. The highest BCUT2D eigenvalue weighted by atomic mass is 31.2. The van der Waals surface area contributed by atoms with Crippen molar-refractivity contribution in [1.82, 2.24) is 0 Å². The lowest BCUT2D eigenvalue weighted by molar-refractivity contribution is 0.162. The Morgan fingerprint density at radius 3 is 1.50 bits per heavy atom. The van der Waals surface area contributed by atoms with Gasteiger partial charge in [-0.15, -0.1) is 0 Å². The van der Waals surface area contributed by atoms with Crippen LogP contribution in [-0.4, -0.2) is 29.6 Å². The quantitative estimate of drug-likeness (QED) is 0.131. The maximum atomic E-state index is 10.5. The van der Waals surface area contributed by atoms with E-state index in [0.717, 1.165) is 32.5 Å². The minimum atomic E-state index is -4.26. The second-order valence-electron chi connectivity index (χ2n) is 7.04. The summed E-state index contributed by atoms with van der Waals surface area (Å²) in [5, 5.41) is 0. The monoisotopic (exact) mass is 422 g/mol. The SMILES string of the molecule is CCCCCCCC/C=C\CCCCCCCCOP(=O)(O)O.CCOCC. The minimum absolute atomic E-state index is 0.158. The lowest BCUT2D eigenvalue weighted by atomic mass is 10.1. The van der Waals surface area contributed by atoms with Gasteiger partial charge in [0.1, 0.15) is 0 Å². The van der Waals surface area contributed by atoms with Crippen LogP contribution >= 0.6 is 7.82 Å². The van der Waals surface area contributed by atoms with Crippen LogP contribution in [0.1, 0.15) is 111 Å². The van der Waals surface area contributed by atoms with Gasteiger partial charge in [0, 0.05) is 13.2 Å². The van der Waals surface area contributed by atoms with E-state index in [0.29, 0.717) is 0 Å². The Kier molecular flexibility index (Phi) is 26.6. The Bertz CT molecular complexity index is 353. The van der Waals surface area contributed by atoms with Crippen LogP contribution in [0.25, 0.3) is 0 Å². The van der Waals surface area contributed by atoms with Crippen LogP contribution in [0, 0.1) is 0 Å². The Balaban J connectivity index is 0. The van der Waals surface area contributed by atoms with E-state index in [1.807, 2.05) is 13.8 Å². The van der Waals surface area contributed by atoms with Crippen molar-refractivity contribution in [2.45, 2.75) is 111 Å². The van der Waals surface area contributed by atoms with Gasteiger partial charge in [-0.2, -0.15) is 0 Å². The van der Waals surface area contributed by atoms with Crippen molar-refractivity contribution >= 4 is 7.82 Å². The van der Waals surface area contributed by atoms with E-state index in [2.05, 4.69) is 23.6 Å². The first-order valence-corrected chi connectivity index (χ1v) is 12.9. The van der Waals surface area contributed by atoms with E-state index in [-0.39, 0.29) is 6.61 Å². The maximum Gasteiger partial charge on any atom is 0.469 e. The van der Waals surface area contributed by atoms with Crippen LogP contribution in [-0.2, 0) is 13.8 Å². The third-order valence-corrected chi connectivity index (χ3v) is 4.84. The predicted molar refractivity (Wildman–Crippen MR) is 120 cm³/mol. The predicted octanol–water partition coefficient (Wildman–Crippen LogP) is 7.18. The van der Waals surface area contributed by atoms with Gasteiger partial charge in [-0.1, -0.05) is 76.9 Å². The molecule has 6 heteroatoms. The van der Waals surface area contributed by atoms with Crippen molar-refractivity contribution in [1.29, 1.82) is 0 Å². The standard InChI is InChI=1S/C18H37O4P.C4H10O/c1-2-3-4-5-6-7-8-9-10-11-12-13-14-15-16-17-18-22-23(19,20)21;1-3-5-4-2/h9-10H,2-8,11-18H2,1H3,(H2,19,20,21);3-4H2,1-2H3/b10-9-;. The molecule has 0 aromatic heterocycles. The molecule has 0 aromatic rings. The second-order valence-corrected chi connectivity index (χ2v) is 8.28. The third kappa shape index (κ3) is 33.4. The molecule has 170 valence electrons. The molecule has 0 rings (SSSR count). The molecule has 0 atom stereocenters. The zero-order valence-corrected chi connectivity index (χ0v) is 19.6. The summed E-state index contributed by atoms with van der Waals surface area (Å²) < 4.78 is 19.7. The van der Waals surface area contributed by atoms with Crippen molar-refractivity contribution < 1.29 is 23.6 Å². The topological polar surface area (TPSA) is 76.0 Å². The number of phosphoric ester groups is 1. The summed E-state index contributed by atoms with van der Waals surface area (Å²) in [6, 6.07) is 0. The molecule has 2 N–H and O–H groups in total. The van der Waals surface area contributed by atoms with Crippen molar-refractivity contribution in [3.63, 3.8) is 0 Å². The number of rotatable bonds is 19. The number of ether oxygens (including phenoxy) is 1. The molecule has 5 nitrogen and oxygen atoms in total. The van der Waals surface area contributed by atoms with E-state index in [4.69, 9.17) is 14.5 Å². The summed E-state index contributed by atoms with van der Waals surface area (Å²) in [5.74, 6) is 0. The Hall–Kier alpha value is -0.190. The van der Waals surface area contributed by atoms with E-state index in [9.17, 15) is 4.57 Å². The molecular weight excluding hydrogens is 375 g/mol. The van der Waals surface area contributed by atoms with Crippen LogP contribution < -0.4 is 0 Å². The summed E-state index contributed by atoms with van der Waals surface area (Å²) in [7, 11) is -4.26. The van der Waals surface area contributed by atoms with Crippen molar-refractivity contribution in [3.8, 4) is 0 Å². The summed E-state index contributed by atoms with van der Waals surface area (Å²) in [6.45, 7) is 8.08. The first kappa shape index (κ1) is 30.0.